The van der Waals surface area contributed by atoms with E-state index in [-0.39, 0.29) is 23.8 Å². The molecule has 3 fully saturated rings. The molecular formula is C27H22ClN3O3. The minimum absolute atomic E-state index is 0.150. The van der Waals surface area contributed by atoms with Gasteiger partial charge in [-0.15, -0.1) is 0 Å². The van der Waals surface area contributed by atoms with Crippen molar-refractivity contribution < 1.29 is 14.4 Å². The van der Waals surface area contributed by atoms with Gasteiger partial charge in [0.2, 0.25) is 17.7 Å². The first-order chi connectivity index (χ1) is 16.4. The molecule has 4 heterocycles. The van der Waals surface area contributed by atoms with Crippen LogP contribution in [0.1, 0.15) is 24.0 Å². The number of hydrogen-bond donors (Lipinski definition) is 1. The molecule has 0 radical (unpaired) electrons. The number of nitrogens with zero attached hydrogens (tertiary/aromatic N) is 2. The number of rotatable bonds is 1. The maximum atomic E-state index is 14.1. The number of benzene rings is 3. The van der Waals surface area contributed by atoms with Gasteiger partial charge in [0.15, 0.2) is 0 Å². The lowest BCUT2D eigenvalue weighted by atomic mass is 9.75. The average molecular weight is 472 g/mol. The van der Waals surface area contributed by atoms with Gasteiger partial charge in [0.25, 0.3) is 0 Å². The minimum atomic E-state index is -1.21. The van der Waals surface area contributed by atoms with Crippen molar-refractivity contribution in [2.75, 3.05) is 16.8 Å². The van der Waals surface area contributed by atoms with Crippen LogP contribution >= 0.6 is 11.6 Å². The molecule has 0 saturated carbocycles. The second-order valence-corrected chi connectivity index (χ2v) is 10.3. The average Bonchev–Trinajstić information content (AvgIpc) is 3.52. The highest BCUT2D eigenvalue weighted by atomic mass is 35.5. The molecule has 7 heteroatoms. The lowest BCUT2D eigenvalue weighted by molar-refractivity contribution is -0.135. The fourth-order valence-corrected chi connectivity index (χ4v) is 7.28. The van der Waals surface area contributed by atoms with Crippen molar-refractivity contribution >= 4 is 51.5 Å². The van der Waals surface area contributed by atoms with Crippen LogP contribution in [0.2, 0.25) is 5.02 Å². The van der Waals surface area contributed by atoms with Gasteiger partial charge in [-0.05, 0) is 66.9 Å². The molecule has 6 nitrogen and oxygen atoms in total. The van der Waals surface area contributed by atoms with Crippen molar-refractivity contribution in [2.24, 2.45) is 11.8 Å². The van der Waals surface area contributed by atoms with E-state index in [9.17, 15) is 14.4 Å². The molecule has 7 rings (SSSR count). The second kappa shape index (κ2) is 6.68. The fourth-order valence-electron chi connectivity index (χ4n) is 7.01. The smallest absolute Gasteiger partial charge is 0.250 e. The molecule has 0 unspecified atom stereocenters. The van der Waals surface area contributed by atoms with Gasteiger partial charge >= 0.3 is 0 Å². The van der Waals surface area contributed by atoms with Gasteiger partial charge < -0.3 is 5.32 Å². The van der Waals surface area contributed by atoms with E-state index >= 15 is 0 Å². The van der Waals surface area contributed by atoms with Gasteiger partial charge in [-0.3, -0.25) is 19.3 Å². The zero-order chi connectivity index (χ0) is 23.4. The monoisotopic (exact) mass is 471 g/mol. The van der Waals surface area contributed by atoms with Crippen LogP contribution in [0.15, 0.2) is 54.6 Å². The highest BCUT2D eigenvalue weighted by Crippen LogP contribution is 2.61. The molecule has 3 aromatic rings. The van der Waals surface area contributed by atoms with E-state index in [0.717, 1.165) is 34.7 Å². The molecular weight excluding hydrogens is 450 g/mol. The van der Waals surface area contributed by atoms with Gasteiger partial charge in [0.1, 0.15) is 5.54 Å². The van der Waals surface area contributed by atoms with Crippen LogP contribution in [0.4, 0.5) is 11.4 Å². The highest BCUT2D eigenvalue weighted by molar-refractivity contribution is 6.31. The van der Waals surface area contributed by atoms with E-state index in [4.69, 9.17) is 11.6 Å². The summed E-state index contributed by atoms with van der Waals surface area (Å²) in [7, 11) is 0. The van der Waals surface area contributed by atoms with E-state index in [1.165, 1.54) is 4.90 Å². The summed E-state index contributed by atoms with van der Waals surface area (Å²) in [6.45, 7) is 2.58. The molecule has 4 aliphatic heterocycles. The van der Waals surface area contributed by atoms with E-state index < -0.39 is 17.4 Å². The number of amides is 3. The first kappa shape index (κ1) is 20.2. The number of aryl methyl sites for hydroxylation is 1. The van der Waals surface area contributed by atoms with Crippen LogP contribution in [0.5, 0.6) is 0 Å². The van der Waals surface area contributed by atoms with Crippen molar-refractivity contribution in [1.29, 1.82) is 0 Å². The summed E-state index contributed by atoms with van der Waals surface area (Å²) >= 11 is 6.45. The van der Waals surface area contributed by atoms with Crippen LogP contribution < -0.4 is 10.2 Å². The Hall–Kier alpha value is -3.22. The lowest BCUT2D eigenvalue weighted by Crippen LogP contribution is -2.54. The number of carbonyl (C=O) groups is 3. The van der Waals surface area contributed by atoms with Crippen molar-refractivity contribution in [1.82, 2.24) is 4.90 Å². The Labute approximate surface area is 201 Å². The third-order valence-corrected chi connectivity index (χ3v) is 8.47. The largest absolute Gasteiger partial charge is 0.324 e. The second-order valence-electron chi connectivity index (χ2n) is 9.82. The molecule has 3 saturated heterocycles. The molecule has 0 bridgehead atoms. The van der Waals surface area contributed by atoms with Crippen LogP contribution in [-0.2, 0) is 19.9 Å². The van der Waals surface area contributed by atoms with Crippen molar-refractivity contribution in [2.45, 2.75) is 31.3 Å². The maximum Gasteiger partial charge on any atom is 0.250 e. The van der Waals surface area contributed by atoms with E-state index in [1.807, 2.05) is 55.5 Å². The van der Waals surface area contributed by atoms with Crippen LogP contribution in [-0.4, -0.2) is 35.2 Å². The molecule has 4 aliphatic rings. The molecule has 1 spiro atoms. The summed E-state index contributed by atoms with van der Waals surface area (Å²) in [6.07, 6.45) is 1.67. The molecule has 0 aromatic heterocycles. The highest BCUT2D eigenvalue weighted by Gasteiger charge is 2.74. The number of carbonyl (C=O) groups excluding carboxylic acids is 3. The Bertz CT molecular complexity index is 1450. The Balaban J connectivity index is 1.43. The summed E-state index contributed by atoms with van der Waals surface area (Å²) in [5.74, 6) is -2.08. The van der Waals surface area contributed by atoms with E-state index in [0.29, 0.717) is 22.9 Å². The van der Waals surface area contributed by atoms with Gasteiger partial charge in [0.05, 0.1) is 17.5 Å². The van der Waals surface area contributed by atoms with E-state index in [2.05, 4.69) is 10.2 Å². The zero-order valence-corrected chi connectivity index (χ0v) is 19.3. The SMILES string of the molecule is Cc1cc(Cl)cc2c1NC(=O)[C@@]21[C@@H]2C(=O)N(c3ccc4ccccc4c3)C(=O)[C@H]2[C@@H]2CCCN21. The standard InChI is InChI=1S/C27H22ClN3O3/c1-14-11-17(28)13-19-23(14)29-26(34)27(19)22-21(20-7-4-10-30(20)27)24(32)31(25(22)33)18-9-8-15-5-2-3-6-16(15)12-18/h2-3,5-6,8-9,11-13,20-22H,4,7,10H2,1H3,(H,29,34)/t20-,21-,22-,27-/m0/s1. The van der Waals surface area contributed by atoms with Crippen molar-refractivity contribution in [3.05, 3.63) is 70.7 Å². The number of halogens is 1. The predicted octanol–water partition coefficient (Wildman–Crippen LogP) is 4.23. The van der Waals surface area contributed by atoms with Crippen LogP contribution in [0.25, 0.3) is 10.8 Å². The quantitative estimate of drug-likeness (QED) is 0.539. The Morgan fingerprint density at radius 3 is 2.62 bits per heavy atom. The molecule has 0 aliphatic carbocycles. The third kappa shape index (κ3) is 2.28. The summed E-state index contributed by atoms with van der Waals surface area (Å²) in [5.41, 5.74) is 1.64. The molecule has 170 valence electrons. The Kier molecular flexibility index (Phi) is 3.96. The lowest BCUT2D eigenvalue weighted by Gasteiger charge is -2.36. The molecule has 3 aromatic carbocycles. The Morgan fingerprint density at radius 1 is 1.00 bits per heavy atom. The number of imide groups is 1. The summed E-state index contributed by atoms with van der Waals surface area (Å²) in [4.78, 5) is 45.2. The van der Waals surface area contributed by atoms with E-state index in [1.54, 1.807) is 6.07 Å². The van der Waals surface area contributed by atoms with Crippen molar-refractivity contribution in [3.8, 4) is 0 Å². The predicted molar refractivity (Wildman–Crippen MR) is 130 cm³/mol. The molecule has 4 atom stereocenters. The summed E-state index contributed by atoms with van der Waals surface area (Å²) in [5, 5.41) is 5.57. The molecule has 34 heavy (non-hydrogen) atoms. The first-order valence-electron chi connectivity index (χ1n) is 11.7. The fraction of sp³-hybridized carbons (Fsp3) is 0.296. The number of anilines is 2. The van der Waals surface area contributed by atoms with Crippen LogP contribution in [0, 0.1) is 18.8 Å². The van der Waals surface area contributed by atoms with Gasteiger partial charge in [-0.25, -0.2) is 4.90 Å². The molecule has 1 N–H and O–H groups in total. The zero-order valence-electron chi connectivity index (χ0n) is 18.5. The van der Waals surface area contributed by atoms with Gasteiger partial charge in [0, 0.05) is 22.3 Å². The number of nitrogens with one attached hydrogen (secondary N) is 1. The van der Waals surface area contributed by atoms with Gasteiger partial charge in [-0.2, -0.15) is 0 Å². The Morgan fingerprint density at radius 2 is 1.79 bits per heavy atom. The maximum absolute atomic E-state index is 14.1. The number of hydrogen-bond acceptors (Lipinski definition) is 4. The summed E-state index contributed by atoms with van der Waals surface area (Å²) in [6, 6.07) is 17.0. The normalized spacial score (nSPS) is 29.8. The topological polar surface area (TPSA) is 69.7 Å². The van der Waals surface area contributed by atoms with Crippen LogP contribution in [0.3, 0.4) is 0 Å². The third-order valence-electron chi connectivity index (χ3n) is 8.25. The minimum Gasteiger partial charge on any atom is -0.324 e. The summed E-state index contributed by atoms with van der Waals surface area (Å²) < 4.78 is 0. The molecule has 3 amide bonds. The first-order valence-corrected chi connectivity index (χ1v) is 12.1. The number of fused-ring (bicyclic) bond motifs is 8. The van der Waals surface area contributed by atoms with Gasteiger partial charge in [-0.1, -0.05) is 41.9 Å². The van der Waals surface area contributed by atoms with Crippen molar-refractivity contribution in [3.63, 3.8) is 0 Å².